The molecule has 1 aromatic rings. The highest BCUT2D eigenvalue weighted by molar-refractivity contribution is 7.90. The Kier molecular flexibility index (Phi) is 8.59. The van der Waals surface area contributed by atoms with E-state index in [4.69, 9.17) is 0 Å². The Labute approximate surface area is 188 Å². The Morgan fingerprint density at radius 1 is 1.09 bits per heavy atom. The molecule has 0 aromatic heterocycles. The van der Waals surface area contributed by atoms with E-state index in [9.17, 15) is 27.9 Å². The molecule has 0 fully saturated rings. The Morgan fingerprint density at radius 2 is 1.75 bits per heavy atom. The minimum absolute atomic E-state index is 0.0193. The van der Waals surface area contributed by atoms with Crippen LogP contribution in [0.5, 0.6) is 0 Å². The average molecular weight is 464 g/mol. The molecule has 174 valence electrons. The van der Waals surface area contributed by atoms with Crippen molar-refractivity contribution in [1.82, 2.24) is 14.9 Å². The molecular weight excluding hydrogens is 434 g/mol. The van der Waals surface area contributed by atoms with Gasteiger partial charge in [0.25, 0.3) is 21.8 Å². The Morgan fingerprint density at radius 3 is 2.31 bits per heavy atom. The van der Waals surface area contributed by atoms with Gasteiger partial charge in [-0.15, -0.1) is 0 Å². The van der Waals surface area contributed by atoms with Gasteiger partial charge in [0.05, 0.1) is 4.90 Å². The van der Waals surface area contributed by atoms with E-state index in [1.807, 2.05) is 25.5 Å². The van der Waals surface area contributed by atoms with Crippen LogP contribution in [0.1, 0.15) is 44.0 Å². The minimum atomic E-state index is -4.17. The van der Waals surface area contributed by atoms with E-state index in [1.165, 1.54) is 41.3 Å². The molecule has 2 rings (SSSR count). The van der Waals surface area contributed by atoms with Crippen LogP contribution in [0.4, 0.5) is 0 Å². The largest absolute Gasteiger partial charge is 0.477 e. The molecule has 0 bridgehead atoms. The van der Waals surface area contributed by atoms with Gasteiger partial charge in [0, 0.05) is 30.8 Å². The van der Waals surface area contributed by atoms with Crippen LogP contribution < -0.4 is 10.0 Å². The van der Waals surface area contributed by atoms with Crippen LogP contribution >= 0.6 is 0 Å². The highest BCUT2D eigenvalue weighted by Gasteiger charge is 2.27. The second kappa shape index (κ2) is 10.9. The molecule has 1 aromatic carbocycles. The second-order valence-electron chi connectivity index (χ2n) is 7.89. The zero-order valence-corrected chi connectivity index (χ0v) is 19.2. The Bertz CT molecular complexity index is 1030. The summed E-state index contributed by atoms with van der Waals surface area (Å²) in [6.07, 6.45) is 4.39. The molecule has 0 radical (unpaired) electrons. The lowest BCUT2D eigenvalue weighted by molar-refractivity contribution is -0.134. The quantitative estimate of drug-likeness (QED) is 0.451. The summed E-state index contributed by atoms with van der Waals surface area (Å²) in [5.41, 5.74) is 0.495. The topological polar surface area (TPSA) is 133 Å². The summed E-state index contributed by atoms with van der Waals surface area (Å²) in [7, 11) is -4.17. The van der Waals surface area contributed by atoms with Gasteiger partial charge in [-0.2, -0.15) is 0 Å². The van der Waals surface area contributed by atoms with Crippen molar-refractivity contribution in [2.24, 2.45) is 5.92 Å². The Hall–Kier alpha value is -3.14. The second-order valence-corrected chi connectivity index (χ2v) is 9.57. The van der Waals surface area contributed by atoms with Crippen LogP contribution in [0.2, 0.25) is 0 Å². The molecule has 0 atom stereocenters. The fourth-order valence-electron chi connectivity index (χ4n) is 3.10. The molecule has 0 spiro atoms. The number of nitrogens with zero attached hydrogens (tertiary/aromatic N) is 1. The SMILES string of the molecule is CCCCNC(=O)c1ccc(S(=O)(=O)NC(=O)C2=CC=C(C(=O)O)N(CC(C)C)C2)cc1. The van der Waals surface area contributed by atoms with Gasteiger partial charge in [0.15, 0.2) is 0 Å². The molecule has 1 aliphatic rings. The highest BCUT2D eigenvalue weighted by Crippen LogP contribution is 2.18. The summed E-state index contributed by atoms with van der Waals surface area (Å²) >= 11 is 0. The van der Waals surface area contributed by atoms with Crippen molar-refractivity contribution in [2.45, 2.75) is 38.5 Å². The molecule has 10 heteroatoms. The van der Waals surface area contributed by atoms with Crippen molar-refractivity contribution >= 4 is 27.8 Å². The summed E-state index contributed by atoms with van der Waals surface area (Å²) < 4.78 is 27.3. The number of carbonyl (C=O) groups excluding carboxylic acids is 2. The van der Waals surface area contributed by atoms with Crippen LogP contribution in [0.15, 0.2) is 52.6 Å². The van der Waals surface area contributed by atoms with E-state index in [-0.39, 0.29) is 34.5 Å². The molecule has 0 aliphatic carbocycles. The number of allylic oxidation sites excluding steroid dienone is 2. The number of hydrogen-bond acceptors (Lipinski definition) is 6. The van der Waals surface area contributed by atoms with Gasteiger partial charge in [-0.25, -0.2) is 17.9 Å². The first-order valence-corrected chi connectivity index (χ1v) is 11.9. The van der Waals surface area contributed by atoms with Crippen molar-refractivity contribution in [1.29, 1.82) is 0 Å². The first kappa shape index (κ1) is 25.1. The van der Waals surface area contributed by atoms with E-state index in [1.54, 1.807) is 0 Å². The lowest BCUT2D eigenvalue weighted by atomic mass is 10.1. The van der Waals surface area contributed by atoms with Crippen molar-refractivity contribution in [3.05, 3.63) is 53.3 Å². The zero-order chi connectivity index (χ0) is 23.9. The summed E-state index contributed by atoms with van der Waals surface area (Å²) in [5, 5.41) is 12.1. The molecule has 1 heterocycles. The lowest BCUT2D eigenvalue weighted by Crippen LogP contribution is -2.40. The molecule has 2 amide bonds. The molecule has 3 N–H and O–H groups in total. The standard InChI is InChI=1S/C22H29N3O6S/c1-4-5-12-23-20(26)16-6-9-18(10-7-16)32(30,31)24-21(27)17-8-11-19(22(28)29)25(14-17)13-15(2)3/h6-11,15H,4-5,12-14H2,1-3H3,(H,23,26)(H,24,27)(H,28,29). The maximum atomic E-state index is 12.6. The first-order valence-electron chi connectivity index (χ1n) is 10.4. The molecule has 1 aliphatic heterocycles. The molecule has 32 heavy (non-hydrogen) atoms. The number of carboxylic acid groups (broad SMARTS) is 1. The van der Waals surface area contributed by atoms with Gasteiger partial charge in [-0.05, 0) is 48.8 Å². The van der Waals surface area contributed by atoms with Crippen molar-refractivity contribution < 1.29 is 27.9 Å². The number of aliphatic carboxylic acids is 1. The summed E-state index contributed by atoms with van der Waals surface area (Å²) in [6.45, 7) is 6.75. The number of carboxylic acids is 1. The van der Waals surface area contributed by atoms with Gasteiger partial charge >= 0.3 is 5.97 Å². The van der Waals surface area contributed by atoms with E-state index >= 15 is 0 Å². The maximum Gasteiger partial charge on any atom is 0.352 e. The molecule has 0 unspecified atom stereocenters. The number of nitrogens with one attached hydrogen (secondary N) is 2. The number of unbranched alkanes of at least 4 members (excludes halogenated alkanes) is 1. The van der Waals surface area contributed by atoms with Crippen LogP contribution in [-0.4, -0.2) is 55.8 Å². The number of rotatable bonds is 10. The smallest absolute Gasteiger partial charge is 0.352 e. The van der Waals surface area contributed by atoms with E-state index in [0.717, 1.165) is 12.8 Å². The third kappa shape index (κ3) is 6.68. The van der Waals surface area contributed by atoms with Gasteiger partial charge in [-0.3, -0.25) is 9.59 Å². The average Bonchev–Trinajstić information content (AvgIpc) is 2.73. The number of sulfonamides is 1. The highest BCUT2D eigenvalue weighted by atomic mass is 32.2. The Balaban J connectivity index is 2.11. The third-order valence-electron chi connectivity index (χ3n) is 4.71. The minimum Gasteiger partial charge on any atom is -0.477 e. The summed E-state index contributed by atoms with van der Waals surface area (Å²) in [6, 6.07) is 5.28. The molecule has 0 saturated heterocycles. The van der Waals surface area contributed by atoms with Gasteiger partial charge in [0.2, 0.25) is 0 Å². The predicted octanol–water partition coefficient (Wildman–Crippen LogP) is 1.89. The third-order valence-corrected chi connectivity index (χ3v) is 6.06. The number of amides is 2. The van der Waals surface area contributed by atoms with Gasteiger partial charge in [0.1, 0.15) is 5.70 Å². The van der Waals surface area contributed by atoms with Crippen LogP contribution in [0.3, 0.4) is 0 Å². The van der Waals surface area contributed by atoms with Crippen LogP contribution in [0.25, 0.3) is 0 Å². The van der Waals surface area contributed by atoms with E-state index in [2.05, 4.69) is 5.32 Å². The number of hydrogen-bond donors (Lipinski definition) is 3. The molecule has 0 saturated carbocycles. The van der Waals surface area contributed by atoms with Gasteiger partial charge in [-0.1, -0.05) is 27.2 Å². The number of benzene rings is 1. The molecular formula is C22H29N3O6S. The zero-order valence-electron chi connectivity index (χ0n) is 18.4. The fourth-order valence-corrected chi connectivity index (χ4v) is 4.09. The van der Waals surface area contributed by atoms with Crippen molar-refractivity contribution in [2.75, 3.05) is 19.6 Å². The van der Waals surface area contributed by atoms with Crippen LogP contribution in [0, 0.1) is 5.92 Å². The van der Waals surface area contributed by atoms with E-state index in [0.29, 0.717) is 18.7 Å². The number of carbonyl (C=O) groups is 3. The predicted molar refractivity (Wildman–Crippen MR) is 119 cm³/mol. The summed E-state index contributed by atoms with van der Waals surface area (Å²) in [4.78, 5) is 37.4. The van der Waals surface area contributed by atoms with E-state index < -0.39 is 21.9 Å². The monoisotopic (exact) mass is 463 g/mol. The fraction of sp³-hybridized carbons (Fsp3) is 0.409. The first-order chi connectivity index (χ1) is 15.0. The van der Waals surface area contributed by atoms with Gasteiger partial charge < -0.3 is 15.3 Å². The maximum absolute atomic E-state index is 12.6. The molecule has 9 nitrogen and oxygen atoms in total. The van der Waals surface area contributed by atoms with Crippen molar-refractivity contribution in [3.8, 4) is 0 Å². The van der Waals surface area contributed by atoms with Crippen LogP contribution in [-0.2, 0) is 19.6 Å². The normalized spacial score (nSPS) is 13.9. The lowest BCUT2D eigenvalue weighted by Gasteiger charge is -2.29. The summed E-state index contributed by atoms with van der Waals surface area (Å²) in [5.74, 6) is -2.11. The van der Waals surface area contributed by atoms with Crippen molar-refractivity contribution in [3.63, 3.8) is 0 Å².